The van der Waals surface area contributed by atoms with Gasteiger partial charge in [0.15, 0.2) is 5.78 Å². The Hall–Kier alpha value is -1.32. The Kier molecular flexibility index (Phi) is 6.52. The van der Waals surface area contributed by atoms with E-state index in [0.717, 1.165) is 0 Å². The van der Waals surface area contributed by atoms with Crippen molar-refractivity contribution in [1.82, 2.24) is 0 Å². The monoisotopic (exact) mass is 520 g/mol. The first-order chi connectivity index (χ1) is 17.2. The summed E-state index contributed by atoms with van der Waals surface area (Å²) in [4.78, 5) is 26.0. The average molecular weight is 521 g/mol. The van der Waals surface area contributed by atoms with Gasteiger partial charge in [-0.05, 0) is 93.1 Å². The molecule has 0 aromatic heterocycles. The van der Waals surface area contributed by atoms with Crippen molar-refractivity contribution in [3.05, 3.63) is 11.6 Å². The summed E-state index contributed by atoms with van der Waals surface area (Å²) in [5.41, 5.74) is -3.28. The van der Waals surface area contributed by atoms with E-state index in [-0.39, 0.29) is 54.4 Å². The maximum atomic E-state index is 13.4. The number of rotatable bonds is 4. The fraction of sp³-hybridized carbons (Fsp3) is 0.862. The SMILES string of the molecule is C[C@H]1C(=O)O[C@@H]([C@@](C)(O)[C@H]2CC[C@@]3(O)C4=CC(=O)C5C[C@@H](O)[C@@H](O)C[C@]5(C)C4CC[C@]23C)CC1CCO. The van der Waals surface area contributed by atoms with Gasteiger partial charge in [-0.1, -0.05) is 20.8 Å². The minimum Gasteiger partial charge on any atom is -0.459 e. The lowest BCUT2D eigenvalue weighted by Gasteiger charge is -2.61. The zero-order chi connectivity index (χ0) is 27.1. The second-order valence-corrected chi connectivity index (χ2v) is 13.5. The van der Waals surface area contributed by atoms with Crippen molar-refractivity contribution in [2.75, 3.05) is 6.61 Å². The van der Waals surface area contributed by atoms with Gasteiger partial charge in [0.25, 0.3) is 0 Å². The largest absolute Gasteiger partial charge is 0.459 e. The van der Waals surface area contributed by atoms with Gasteiger partial charge >= 0.3 is 5.97 Å². The zero-order valence-electron chi connectivity index (χ0n) is 22.5. The molecule has 1 aliphatic heterocycles. The van der Waals surface area contributed by atoms with Gasteiger partial charge in [-0.15, -0.1) is 0 Å². The quantitative estimate of drug-likeness (QED) is 0.354. The molecule has 0 amide bonds. The second kappa shape index (κ2) is 8.85. The molecule has 5 aliphatic rings. The number of ketones is 1. The predicted molar refractivity (Wildman–Crippen MR) is 134 cm³/mol. The van der Waals surface area contributed by atoms with Crippen LogP contribution in [0.3, 0.4) is 0 Å². The van der Waals surface area contributed by atoms with Crippen LogP contribution in [0.1, 0.15) is 79.1 Å². The number of allylic oxidation sites excluding steroid dienone is 1. The molecule has 5 N–H and O–H groups in total. The fourth-order valence-electron chi connectivity index (χ4n) is 9.39. The van der Waals surface area contributed by atoms with Crippen LogP contribution < -0.4 is 0 Å². The Morgan fingerprint density at radius 3 is 2.46 bits per heavy atom. The van der Waals surface area contributed by atoms with E-state index in [1.165, 1.54) is 0 Å². The number of carbonyl (C=O) groups is 2. The minimum atomic E-state index is -1.40. The Morgan fingerprint density at radius 2 is 1.78 bits per heavy atom. The number of cyclic esters (lactones) is 1. The minimum absolute atomic E-state index is 0.0346. The van der Waals surface area contributed by atoms with Crippen LogP contribution in [0.25, 0.3) is 0 Å². The molecular weight excluding hydrogens is 476 g/mol. The van der Waals surface area contributed by atoms with E-state index in [9.17, 15) is 35.1 Å². The molecule has 0 radical (unpaired) electrons. The van der Waals surface area contributed by atoms with E-state index in [0.29, 0.717) is 50.5 Å². The van der Waals surface area contributed by atoms with Crippen LogP contribution in [0.15, 0.2) is 11.6 Å². The highest BCUT2D eigenvalue weighted by molar-refractivity contribution is 5.95. The van der Waals surface area contributed by atoms with Crippen molar-refractivity contribution in [1.29, 1.82) is 0 Å². The number of carbonyl (C=O) groups excluding carboxylic acids is 2. The van der Waals surface area contributed by atoms with E-state index in [1.54, 1.807) is 19.9 Å². The molecule has 8 nitrogen and oxygen atoms in total. The van der Waals surface area contributed by atoms with Gasteiger partial charge in [0.2, 0.25) is 0 Å². The van der Waals surface area contributed by atoms with Crippen LogP contribution in [0, 0.1) is 40.4 Å². The van der Waals surface area contributed by atoms with Crippen LogP contribution in [0.5, 0.6) is 0 Å². The molecular formula is C29H44O8. The summed E-state index contributed by atoms with van der Waals surface area (Å²) in [7, 11) is 0. The van der Waals surface area contributed by atoms with Crippen molar-refractivity contribution in [3.8, 4) is 0 Å². The number of hydrogen-bond acceptors (Lipinski definition) is 8. The number of aliphatic hydroxyl groups is 5. The smallest absolute Gasteiger partial charge is 0.309 e. The third-order valence-corrected chi connectivity index (χ3v) is 11.8. The first kappa shape index (κ1) is 27.3. The summed E-state index contributed by atoms with van der Waals surface area (Å²) in [6, 6.07) is 0. The molecule has 208 valence electrons. The van der Waals surface area contributed by atoms with Gasteiger partial charge in [-0.3, -0.25) is 9.59 Å². The van der Waals surface area contributed by atoms with Gasteiger partial charge in [0.05, 0.1) is 23.7 Å². The Balaban J connectivity index is 1.47. The van der Waals surface area contributed by atoms with Crippen molar-refractivity contribution < 1.29 is 39.9 Å². The molecule has 0 bridgehead atoms. The van der Waals surface area contributed by atoms with E-state index in [2.05, 4.69) is 0 Å². The lowest BCUT2D eigenvalue weighted by molar-refractivity contribution is -0.207. The third-order valence-electron chi connectivity index (χ3n) is 11.8. The molecule has 8 heteroatoms. The Bertz CT molecular complexity index is 990. The summed E-state index contributed by atoms with van der Waals surface area (Å²) in [5.74, 6) is -1.75. The first-order valence-electron chi connectivity index (χ1n) is 14.1. The molecule has 3 unspecified atom stereocenters. The summed E-state index contributed by atoms with van der Waals surface area (Å²) in [5, 5.41) is 54.7. The summed E-state index contributed by atoms with van der Waals surface area (Å²) < 4.78 is 5.77. The van der Waals surface area contributed by atoms with Crippen molar-refractivity contribution in [2.45, 2.75) is 109 Å². The number of fused-ring (bicyclic) bond motifs is 5. The third kappa shape index (κ3) is 3.73. The highest BCUT2D eigenvalue weighted by Crippen LogP contribution is 2.68. The van der Waals surface area contributed by atoms with Gasteiger partial charge in [-0.25, -0.2) is 0 Å². The van der Waals surface area contributed by atoms with Gasteiger partial charge in [0.1, 0.15) is 11.7 Å². The fourth-order valence-corrected chi connectivity index (χ4v) is 9.39. The molecule has 4 fully saturated rings. The summed E-state index contributed by atoms with van der Waals surface area (Å²) in [6.07, 6.45) is 2.74. The van der Waals surface area contributed by atoms with E-state index in [1.807, 2.05) is 13.8 Å². The molecule has 5 rings (SSSR count). The molecule has 12 atom stereocenters. The van der Waals surface area contributed by atoms with Gasteiger partial charge in [0, 0.05) is 17.9 Å². The van der Waals surface area contributed by atoms with Crippen molar-refractivity contribution in [2.24, 2.45) is 40.4 Å². The standard InChI is InChI=1S/C29H44O8/c1-15-16(7-10-30)11-24(37-25(15)34)28(4,35)23-6-9-29(36)18-12-20(31)19-13-21(32)22(33)14-26(19,2)17(18)5-8-27(23,29)3/h12,15-17,19,21-24,30,32-33,35-36H,5-11,13-14H2,1-4H3/t15-,16?,17?,19?,21-,22+,23+,24-,26-,27-,28+,29-/m1/s1. The predicted octanol–water partition coefficient (Wildman–Crippen LogP) is 1.89. The van der Waals surface area contributed by atoms with E-state index < -0.39 is 40.3 Å². The van der Waals surface area contributed by atoms with Gasteiger partial charge < -0.3 is 30.3 Å². The molecule has 0 aromatic carbocycles. The molecule has 3 saturated carbocycles. The highest BCUT2D eigenvalue weighted by Gasteiger charge is 2.69. The van der Waals surface area contributed by atoms with E-state index >= 15 is 0 Å². The average Bonchev–Trinajstić information content (AvgIpc) is 3.11. The van der Waals surface area contributed by atoms with Crippen LogP contribution >= 0.6 is 0 Å². The van der Waals surface area contributed by atoms with Crippen LogP contribution in [-0.2, 0) is 14.3 Å². The maximum absolute atomic E-state index is 13.4. The van der Waals surface area contributed by atoms with Crippen molar-refractivity contribution >= 4 is 11.8 Å². The first-order valence-corrected chi connectivity index (χ1v) is 14.1. The van der Waals surface area contributed by atoms with Crippen LogP contribution in [0.2, 0.25) is 0 Å². The number of hydrogen-bond donors (Lipinski definition) is 5. The Labute approximate surface area is 219 Å². The summed E-state index contributed by atoms with van der Waals surface area (Å²) in [6.45, 7) is 7.48. The number of aliphatic hydroxyl groups excluding tert-OH is 3. The molecule has 0 spiro atoms. The topological polar surface area (TPSA) is 145 Å². The van der Waals surface area contributed by atoms with E-state index in [4.69, 9.17) is 4.74 Å². The van der Waals surface area contributed by atoms with Crippen LogP contribution in [0.4, 0.5) is 0 Å². The number of esters is 1. The molecule has 37 heavy (non-hydrogen) atoms. The second-order valence-electron chi connectivity index (χ2n) is 13.5. The molecule has 0 aromatic rings. The number of ether oxygens (including phenoxy) is 1. The molecule has 4 aliphatic carbocycles. The van der Waals surface area contributed by atoms with Crippen molar-refractivity contribution in [3.63, 3.8) is 0 Å². The highest BCUT2D eigenvalue weighted by atomic mass is 16.6. The summed E-state index contributed by atoms with van der Waals surface area (Å²) >= 11 is 0. The maximum Gasteiger partial charge on any atom is 0.309 e. The lowest BCUT2D eigenvalue weighted by atomic mass is 9.45. The lowest BCUT2D eigenvalue weighted by Crippen LogP contribution is -2.63. The Morgan fingerprint density at radius 1 is 1.08 bits per heavy atom. The zero-order valence-corrected chi connectivity index (χ0v) is 22.5. The van der Waals surface area contributed by atoms with Gasteiger partial charge in [-0.2, -0.15) is 0 Å². The van der Waals surface area contributed by atoms with Crippen LogP contribution in [-0.4, -0.2) is 73.4 Å². The normalized spacial score (nSPS) is 51.3. The molecule has 1 heterocycles. The molecule has 1 saturated heterocycles.